The van der Waals surface area contributed by atoms with Gasteiger partial charge in [-0.3, -0.25) is 4.79 Å². The number of benzene rings is 3. The summed E-state index contributed by atoms with van der Waals surface area (Å²) in [6.07, 6.45) is 0.788. The Morgan fingerprint density at radius 3 is 2.53 bits per heavy atom. The van der Waals surface area contributed by atoms with Crippen LogP contribution in [0.5, 0.6) is 5.75 Å². The molecule has 0 aromatic heterocycles. The third-order valence-corrected chi connectivity index (χ3v) is 5.23. The summed E-state index contributed by atoms with van der Waals surface area (Å²) in [5, 5.41) is 12.6. The van der Waals surface area contributed by atoms with Gasteiger partial charge < -0.3 is 15.2 Å². The molecule has 5 nitrogen and oxygen atoms in total. The lowest BCUT2D eigenvalue weighted by molar-refractivity contribution is 0.0696. The first kappa shape index (κ1) is 23.6. The van der Waals surface area contributed by atoms with Crippen molar-refractivity contribution in [3.05, 3.63) is 87.2 Å². The normalized spacial score (nSPS) is 10.6. The average Bonchev–Trinajstić information content (AvgIpc) is 2.76. The number of hydrogen-bond donors (Lipinski definition) is 2. The van der Waals surface area contributed by atoms with Crippen LogP contribution in [0.1, 0.15) is 39.6 Å². The van der Waals surface area contributed by atoms with E-state index in [2.05, 4.69) is 5.32 Å². The molecule has 8 heteroatoms. The molecule has 0 fully saturated rings. The van der Waals surface area contributed by atoms with Gasteiger partial charge in [-0.25, -0.2) is 9.18 Å². The Morgan fingerprint density at radius 1 is 1.06 bits per heavy atom. The highest BCUT2D eigenvalue weighted by atomic mass is 35.5. The highest BCUT2D eigenvalue weighted by Gasteiger charge is 2.15. The molecule has 0 unspecified atom stereocenters. The molecule has 0 saturated carbocycles. The lowest BCUT2D eigenvalue weighted by Crippen LogP contribution is -2.24. The largest absolute Gasteiger partial charge is 0.493 e. The Balaban J connectivity index is 1.92. The minimum Gasteiger partial charge on any atom is -0.493 e. The highest BCUT2D eigenvalue weighted by molar-refractivity contribution is 6.33. The number of carbonyl (C=O) groups is 2. The minimum atomic E-state index is -1.07. The van der Waals surface area contributed by atoms with Crippen molar-refractivity contribution in [2.75, 3.05) is 6.61 Å². The molecule has 3 aromatic rings. The standard InChI is InChI=1S/C24H20Cl2FNO4/c1-2-9-32-22-8-4-14(19-11-15(24(30)31)3-7-20(19)26)10-16(22)13-28-23(29)18-6-5-17(25)12-21(18)27/h3-8,10-12H,2,9,13H2,1H3,(H,28,29)(H,30,31). The lowest BCUT2D eigenvalue weighted by Gasteiger charge is -2.15. The van der Waals surface area contributed by atoms with E-state index in [0.717, 1.165) is 12.5 Å². The van der Waals surface area contributed by atoms with Crippen molar-refractivity contribution in [2.45, 2.75) is 19.9 Å². The van der Waals surface area contributed by atoms with E-state index in [9.17, 15) is 19.1 Å². The van der Waals surface area contributed by atoms with Crippen LogP contribution in [0.2, 0.25) is 10.0 Å². The van der Waals surface area contributed by atoms with E-state index in [0.29, 0.717) is 34.1 Å². The highest BCUT2D eigenvalue weighted by Crippen LogP contribution is 2.32. The van der Waals surface area contributed by atoms with Crippen LogP contribution in [0, 0.1) is 5.82 Å². The molecule has 0 atom stereocenters. The van der Waals surface area contributed by atoms with E-state index in [-0.39, 0.29) is 22.7 Å². The monoisotopic (exact) mass is 475 g/mol. The van der Waals surface area contributed by atoms with E-state index in [1.165, 1.54) is 30.3 Å². The first-order chi connectivity index (χ1) is 15.3. The Labute approximate surface area is 194 Å². The third kappa shape index (κ3) is 5.58. The molecule has 3 rings (SSSR count). The number of rotatable bonds is 8. The molecule has 1 amide bonds. The van der Waals surface area contributed by atoms with Gasteiger partial charge in [-0.15, -0.1) is 0 Å². The number of amides is 1. The molecular formula is C24H20Cl2FNO4. The summed E-state index contributed by atoms with van der Waals surface area (Å²) < 4.78 is 19.8. The Hall–Kier alpha value is -3.09. The Morgan fingerprint density at radius 2 is 1.84 bits per heavy atom. The maximum atomic E-state index is 14.1. The van der Waals surface area contributed by atoms with Gasteiger partial charge in [0.1, 0.15) is 11.6 Å². The van der Waals surface area contributed by atoms with Crippen LogP contribution in [-0.2, 0) is 6.54 Å². The molecule has 0 heterocycles. The SMILES string of the molecule is CCCOc1ccc(-c2cc(C(=O)O)ccc2Cl)cc1CNC(=O)c1ccc(Cl)cc1F. The first-order valence-corrected chi connectivity index (χ1v) is 10.6. The van der Waals surface area contributed by atoms with E-state index in [1.54, 1.807) is 18.2 Å². The summed E-state index contributed by atoms with van der Waals surface area (Å²) in [5.74, 6) is -1.83. The molecule has 32 heavy (non-hydrogen) atoms. The van der Waals surface area contributed by atoms with Crippen molar-refractivity contribution < 1.29 is 23.8 Å². The van der Waals surface area contributed by atoms with Gasteiger partial charge in [-0.1, -0.05) is 36.2 Å². The Bertz CT molecular complexity index is 1170. The molecule has 2 N–H and O–H groups in total. The lowest BCUT2D eigenvalue weighted by atomic mass is 10.00. The fraction of sp³-hybridized carbons (Fsp3) is 0.167. The van der Waals surface area contributed by atoms with Crippen molar-refractivity contribution in [1.29, 1.82) is 0 Å². The third-order valence-electron chi connectivity index (χ3n) is 4.66. The van der Waals surface area contributed by atoms with Crippen molar-refractivity contribution in [2.24, 2.45) is 0 Å². The summed E-state index contributed by atoms with van der Waals surface area (Å²) >= 11 is 12.0. The van der Waals surface area contributed by atoms with Gasteiger partial charge in [-0.05, 0) is 60.5 Å². The number of ether oxygens (including phenoxy) is 1. The number of hydrogen-bond acceptors (Lipinski definition) is 3. The molecule has 0 bridgehead atoms. The van der Waals surface area contributed by atoms with E-state index >= 15 is 0 Å². The topological polar surface area (TPSA) is 75.6 Å². The second-order valence-electron chi connectivity index (χ2n) is 6.98. The predicted molar refractivity (Wildman–Crippen MR) is 122 cm³/mol. The first-order valence-electron chi connectivity index (χ1n) is 9.82. The van der Waals surface area contributed by atoms with Gasteiger partial charge in [0, 0.05) is 27.7 Å². The van der Waals surface area contributed by atoms with Gasteiger partial charge in [-0.2, -0.15) is 0 Å². The van der Waals surface area contributed by atoms with Crippen LogP contribution >= 0.6 is 23.2 Å². The van der Waals surface area contributed by atoms with E-state index in [1.807, 2.05) is 6.92 Å². The summed E-state index contributed by atoms with van der Waals surface area (Å²) in [6.45, 7) is 2.50. The van der Waals surface area contributed by atoms with Crippen molar-refractivity contribution in [1.82, 2.24) is 5.32 Å². The predicted octanol–water partition coefficient (Wildman–Crippen LogP) is 6.22. The number of carboxylic acid groups (broad SMARTS) is 1. The molecule has 166 valence electrons. The van der Waals surface area contributed by atoms with Crippen molar-refractivity contribution >= 4 is 35.1 Å². The summed E-state index contributed by atoms with van der Waals surface area (Å²) in [6, 6.07) is 13.5. The zero-order valence-corrected chi connectivity index (χ0v) is 18.6. The number of carboxylic acids is 1. The second-order valence-corrected chi connectivity index (χ2v) is 7.82. The zero-order valence-electron chi connectivity index (χ0n) is 17.1. The molecule has 0 spiro atoms. The maximum absolute atomic E-state index is 14.1. The minimum absolute atomic E-state index is 0.0596. The van der Waals surface area contributed by atoms with Crippen molar-refractivity contribution in [3.63, 3.8) is 0 Å². The average molecular weight is 476 g/mol. The van der Waals surface area contributed by atoms with Gasteiger partial charge in [0.15, 0.2) is 0 Å². The van der Waals surface area contributed by atoms with Crippen LogP contribution in [0.15, 0.2) is 54.6 Å². The van der Waals surface area contributed by atoms with Crippen LogP contribution < -0.4 is 10.1 Å². The van der Waals surface area contributed by atoms with Crippen molar-refractivity contribution in [3.8, 4) is 16.9 Å². The summed E-state index contributed by atoms with van der Waals surface area (Å²) in [5.41, 5.74) is 1.80. The van der Waals surface area contributed by atoms with Gasteiger partial charge >= 0.3 is 5.97 Å². The van der Waals surface area contributed by atoms with E-state index < -0.39 is 17.7 Å². The fourth-order valence-electron chi connectivity index (χ4n) is 3.06. The molecule has 0 aliphatic heterocycles. The molecule has 0 saturated heterocycles. The van der Waals surface area contributed by atoms with Crippen LogP contribution in [0.4, 0.5) is 4.39 Å². The smallest absolute Gasteiger partial charge is 0.335 e. The van der Waals surface area contributed by atoms with Crippen LogP contribution in [-0.4, -0.2) is 23.6 Å². The molecule has 0 aliphatic rings. The van der Waals surface area contributed by atoms with Crippen LogP contribution in [0.25, 0.3) is 11.1 Å². The van der Waals surface area contributed by atoms with Crippen LogP contribution in [0.3, 0.4) is 0 Å². The number of aromatic carboxylic acids is 1. The Kier molecular flexibility index (Phi) is 7.72. The molecular weight excluding hydrogens is 456 g/mol. The molecule has 0 radical (unpaired) electrons. The summed E-state index contributed by atoms with van der Waals surface area (Å²) in [4.78, 5) is 23.8. The second kappa shape index (κ2) is 10.5. The molecule has 3 aromatic carbocycles. The zero-order chi connectivity index (χ0) is 23.3. The number of halogens is 3. The number of nitrogens with one attached hydrogen (secondary N) is 1. The number of carbonyl (C=O) groups excluding carboxylic acids is 1. The molecule has 0 aliphatic carbocycles. The van der Waals surface area contributed by atoms with E-state index in [4.69, 9.17) is 27.9 Å². The quantitative estimate of drug-likeness (QED) is 0.405. The fourth-order valence-corrected chi connectivity index (χ4v) is 3.45. The van der Waals surface area contributed by atoms with Gasteiger partial charge in [0.2, 0.25) is 0 Å². The van der Waals surface area contributed by atoms with Gasteiger partial charge in [0.25, 0.3) is 5.91 Å². The van der Waals surface area contributed by atoms with Gasteiger partial charge in [0.05, 0.1) is 17.7 Å². The maximum Gasteiger partial charge on any atom is 0.335 e. The summed E-state index contributed by atoms with van der Waals surface area (Å²) in [7, 11) is 0.